The summed E-state index contributed by atoms with van der Waals surface area (Å²) in [5, 5.41) is 0. The van der Waals surface area contributed by atoms with Crippen molar-refractivity contribution < 1.29 is 0 Å². The lowest BCUT2D eigenvalue weighted by Crippen LogP contribution is -2.14. The third-order valence-corrected chi connectivity index (χ3v) is 6.96. The van der Waals surface area contributed by atoms with Crippen LogP contribution in [0.2, 0.25) is 0 Å². The first kappa shape index (κ1) is 20.5. The van der Waals surface area contributed by atoms with E-state index in [1.54, 1.807) is 0 Å². The van der Waals surface area contributed by atoms with Crippen LogP contribution in [-0.4, -0.2) is 0 Å². The molecule has 0 aromatic heterocycles. The highest BCUT2D eigenvalue weighted by Crippen LogP contribution is 2.48. The minimum absolute atomic E-state index is 0.0116. The van der Waals surface area contributed by atoms with Gasteiger partial charge in [-0.3, -0.25) is 0 Å². The zero-order chi connectivity index (χ0) is 22.3. The van der Waals surface area contributed by atoms with Crippen LogP contribution in [0.4, 0.5) is 0 Å². The lowest BCUT2D eigenvalue weighted by Gasteiger charge is -2.21. The lowest BCUT2D eigenvalue weighted by molar-refractivity contribution is 0.660. The van der Waals surface area contributed by atoms with Gasteiger partial charge in [0.15, 0.2) is 0 Å². The molecule has 1 atom stereocenters. The van der Waals surface area contributed by atoms with Gasteiger partial charge in [-0.2, -0.15) is 0 Å². The molecule has 0 spiro atoms. The summed E-state index contributed by atoms with van der Waals surface area (Å²) >= 11 is 0. The van der Waals surface area contributed by atoms with Gasteiger partial charge in [-0.1, -0.05) is 118 Å². The van der Waals surface area contributed by atoms with E-state index in [-0.39, 0.29) is 5.41 Å². The van der Waals surface area contributed by atoms with Gasteiger partial charge in [0.05, 0.1) is 0 Å². The zero-order valence-corrected chi connectivity index (χ0v) is 19.2. The first-order chi connectivity index (χ1) is 15.5. The van der Waals surface area contributed by atoms with Crippen molar-refractivity contribution in [3.8, 4) is 11.1 Å². The Bertz CT molecular complexity index is 1290. The van der Waals surface area contributed by atoms with Gasteiger partial charge in [-0.15, -0.1) is 0 Å². The molecule has 2 bridgehead atoms. The van der Waals surface area contributed by atoms with Crippen molar-refractivity contribution in [2.75, 3.05) is 0 Å². The Morgan fingerprint density at radius 2 is 1.69 bits per heavy atom. The molecule has 0 saturated carbocycles. The second kappa shape index (κ2) is 7.95. The normalized spacial score (nSPS) is 20.5. The molecule has 0 heterocycles. The van der Waals surface area contributed by atoms with E-state index in [1.807, 2.05) is 6.08 Å². The number of hydrogen-bond acceptors (Lipinski definition) is 0. The Morgan fingerprint density at radius 1 is 0.875 bits per heavy atom. The smallest absolute Gasteiger partial charge is 0.0159 e. The average molecular weight is 415 g/mol. The van der Waals surface area contributed by atoms with Crippen molar-refractivity contribution in [1.82, 2.24) is 0 Å². The van der Waals surface area contributed by atoms with E-state index in [0.717, 1.165) is 6.42 Å². The Kier molecular flexibility index (Phi) is 5.10. The van der Waals surface area contributed by atoms with Gasteiger partial charge in [0.25, 0.3) is 0 Å². The van der Waals surface area contributed by atoms with Gasteiger partial charge in [-0.05, 0) is 68.5 Å². The van der Waals surface area contributed by atoms with E-state index in [2.05, 4.69) is 118 Å². The van der Waals surface area contributed by atoms with Gasteiger partial charge in [0.1, 0.15) is 0 Å². The molecule has 5 rings (SSSR count). The fraction of sp³-hybridized carbons (Fsp3) is 0.188. The Labute approximate surface area is 192 Å². The highest BCUT2D eigenvalue weighted by atomic mass is 14.4. The Hall–Kier alpha value is -3.38. The molecule has 0 saturated heterocycles. The second-order valence-electron chi connectivity index (χ2n) is 9.63. The highest BCUT2D eigenvalue weighted by molar-refractivity contribution is 5.92. The van der Waals surface area contributed by atoms with Gasteiger partial charge in [0, 0.05) is 5.41 Å². The molecule has 0 fully saturated rings. The van der Waals surface area contributed by atoms with E-state index in [0.29, 0.717) is 5.92 Å². The first-order valence-electron chi connectivity index (χ1n) is 11.5. The molecule has 158 valence electrons. The molecular formula is C32H30. The van der Waals surface area contributed by atoms with Crippen molar-refractivity contribution in [2.24, 2.45) is 5.92 Å². The maximum atomic E-state index is 4.07. The van der Waals surface area contributed by atoms with E-state index >= 15 is 0 Å². The number of rotatable bonds is 2. The van der Waals surface area contributed by atoms with E-state index in [9.17, 15) is 0 Å². The number of benzene rings is 3. The maximum absolute atomic E-state index is 4.07. The maximum Gasteiger partial charge on any atom is 0.0159 e. The van der Waals surface area contributed by atoms with Crippen molar-refractivity contribution >= 4 is 17.7 Å². The monoisotopic (exact) mass is 414 g/mol. The molecule has 0 aliphatic heterocycles. The van der Waals surface area contributed by atoms with Crippen LogP contribution in [0.5, 0.6) is 0 Å². The van der Waals surface area contributed by atoms with Crippen LogP contribution in [0.15, 0.2) is 91.5 Å². The van der Waals surface area contributed by atoms with Crippen LogP contribution < -0.4 is 0 Å². The van der Waals surface area contributed by atoms with Crippen LogP contribution in [0.25, 0.3) is 28.9 Å². The molecule has 2 aliphatic rings. The second-order valence-corrected chi connectivity index (χ2v) is 9.63. The summed E-state index contributed by atoms with van der Waals surface area (Å²) in [6.07, 6.45) is 14.2. The molecular weight excluding hydrogens is 384 g/mol. The fourth-order valence-corrected chi connectivity index (χ4v) is 5.22. The van der Waals surface area contributed by atoms with Crippen LogP contribution in [0.3, 0.4) is 0 Å². The van der Waals surface area contributed by atoms with Crippen LogP contribution in [0.1, 0.15) is 54.2 Å². The molecule has 0 nitrogen and oxygen atoms in total. The standard InChI is InChI=1S/C32H30/c1-5-25-16-14-23-18-22(2)10-6-7-11-26(29(25)20-23)19-24-15-17-28-27-12-8-9-13-30(27)32(3,4)31(28)21-24/h5-17,19-22H,1,18H2,2-4H3/b10-6?,11-7-,26-19+. The Morgan fingerprint density at radius 3 is 2.53 bits per heavy atom. The lowest BCUT2D eigenvalue weighted by atomic mass is 9.82. The number of hydrogen-bond donors (Lipinski definition) is 0. The minimum atomic E-state index is 0.0116. The Balaban J connectivity index is 1.65. The van der Waals surface area contributed by atoms with Gasteiger partial charge in [0.2, 0.25) is 0 Å². The van der Waals surface area contributed by atoms with Crippen molar-refractivity contribution in [3.05, 3.63) is 125 Å². The molecule has 0 radical (unpaired) electrons. The topological polar surface area (TPSA) is 0 Å². The number of allylic oxidation sites excluding steroid dienone is 5. The van der Waals surface area contributed by atoms with E-state index < -0.39 is 0 Å². The molecule has 1 unspecified atom stereocenters. The molecule has 2 aliphatic carbocycles. The van der Waals surface area contributed by atoms with E-state index in [4.69, 9.17) is 0 Å². The largest absolute Gasteiger partial charge is 0.0984 e. The van der Waals surface area contributed by atoms with Crippen molar-refractivity contribution in [3.63, 3.8) is 0 Å². The molecule has 32 heavy (non-hydrogen) atoms. The van der Waals surface area contributed by atoms with Gasteiger partial charge < -0.3 is 0 Å². The van der Waals surface area contributed by atoms with E-state index in [1.165, 1.54) is 50.1 Å². The van der Waals surface area contributed by atoms with Gasteiger partial charge in [-0.25, -0.2) is 0 Å². The zero-order valence-electron chi connectivity index (χ0n) is 19.2. The summed E-state index contributed by atoms with van der Waals surface area (Å²) < 4.78 is 0. The van der Waals surface area contributed by atoms with Crippen molar-refractivity contribution in [1.29, 1.82) is 0 Å². The summed E-state index contributed by atoms with van der Waals surface area (Å²) in [6, 6.07) is 22.5. The quantitative estimate of drug-likeness (QED) is 0.394. The van der Waals surface area contributed by atoms with Crippen LogP contribution in [0, 0.1) is 5.92 Å². The summed E-state index contributed by atoms with van der Waals surface area (Å²) in [4.78, 5) is 0. The summed E-state index contributed by atoms with van der Waals surface area (Å²) in [5.74, 6) is 0.521. The molecule has 3 aromatic rings. The fourth-order valence-electron chi connectivity index (χ4n) is 5.22. The summed E-state index contributed by atoms with van der Waals surface area (Å²) in [7, 11) is 0. The summed E-state index contributed by atoms with van der Waals surface area (Å²) in [5.41, 5.74) is 11.8. The third kappa shape index (κ3) is 3.50. The van der Waals surface area contributed by atoms with Crippen LogP contribution in [-0.2, 0) is 11.8 Å². The molecule has 3 aromatic carbocycles. The molecule has 0 amide bonds. The van der Waals surface area contributed by atoms with Crippen LogP contribution >= 0.6 is 0 Å². The van der Waals surface area contributed by atoms with Gasteiger partial charge >= 0.3 is 0 Å². The predicted molar refractivity (Wildman–Crippen MR) is 140 cm³/mol. The minimum Gasteiger partial charge on any atom is -0.0984 e. The SMILES string of the molecule is C=Cc1ccc2cc1C(=C/c1ccc3c(c1)C(C)(C)c1ccccc1-3)/C=C\C=CC(C)C2. The summed E-state index contributed by atoms with van der Waals surface area (Å²) in [6.45, 7) is 11.0. The third-order valence-electron chi connectivity index (χ3n) is 6.96. The average Bonchev–Trinajstić information content (AvgIpc) is 3.02. The highest BCUT2D eigenvalue weighted by Gasteiger charge is 2.34. The molecule has 0 heteroatoms. The number of fused-ring (bicyclic) bond motifs is 5. The first-order valence-corrected chi connectivity index (χ1v) is 11.5. The predicted octanol–water partition coefficient (Wildman–Crippen LogP) is 8.48. The van der Waals surface area contributed by atoms with Crippen molar-refractivity contribution in [2.45, 2.75) is 32.6 Å². The molecule has 0 N–H and O–H groups in total.